The quantitative estimate of drug-likeness (QED) is 0.740. The van der Waals surface area contributed by atoms with Crippen LogP contribution in [0.15, 0.2) is 4.42 Å². The van der Waals surface area contributed by atoms with Gasteiger partial charge < -0.3 is 9.15 Å². The molecular weight excluding hydrogens is 234 g/mol. The number of hydrogen-bond donors (Lipinski definition) is 0. The lowest BCUT2D eigenvalue weighted by atomic mass is 9.97. The molecule has 18 heavy (non-hydrogen) atoms. The average Bonchev–Trinajstić information content (AvgIpc) is 2.65. The van der Waals surface area contributed by atoms with Crippen molar-refractivity contribution in [2.45, 2.75) is 39.7 Å². The van der Waals surface area contributed by atoms with Gasteiger partial charge in [-0.1, -0.05) is 20.8 Å². The van der Waals surface area contributed by atoms with E-state index in [4.69, 9.17) is 9.15 Å². The molecule has 0 aliphatic rings. The van der Waals surface area contributed by atoms with Crippen LogP contribution in [0.3, 0.4) is 0 Å². The fourth-order valence-electron chi connectivity index (χ4n) is 1.33. The molecule has 0 radical (unpaired) electrons. The van der Waals surface area contributed by atoms with Crippen molar-refractivity contribution >= 4 is 5.97 Å². The Bertz CT molecular complexity index is 396. The van der Waals surface area contributed by atoms with Crippen molar-refractivity contribution in [2.75, 3.05) is 20.2 Å². The van der Waals surface area contributed by atoms with Crippen LogP contribution in [0.2, 0.25) is 0 Å². The Morgan fingerprint density at radius 2 is 2.06 bits per heavy atom. The molecule has 0 fully saturated rings. The normalized spacial score (nSPS) is 11.9. The van der Waals surface area contributed by atoms with E-state index >= 15 is 0 Å². The third-order valence-corrected chi connectivity index (χ3v) is 2.22. The highest BCUT2D eigenvalue weighted by molar-refractivity contribution is 5.71. The van der Waals surface area contributed by atoms with Gasteiger partial charge in [0.25, 0.3) is 0 Å². The first-order chi connectivity index (χ1) is 8.32. The van der Waals surface area contributed by atoms with Gasteiger partial charge in [-0.2, -0.15) is 0 Å². The minimum Gasteiger partial charge on any atom is -0.465 e. The molecule has 1 rings (SSSR count). The Kier molecular flexibility index (Phi) is 4.84. The van der Waals surface area contributed by atoms with Gasteiger partial charge in [0.05, 0.1) is 19.7 Å². The van der Waals surface area contributed by atoms with Gasteiger partial charge in [-0.25, -0.2) is 0 Å². The minimum absolute atomic E-state index is 0.162. The maximum Gasteiger partial charge on any atom is 0.320 e. The van der Waals surface area contributed by atoms with E-state index in [1.54, 1.807) is 18.9 Å². The van der Waals surface area contributed by atoms with E-state index in [9.17, 15) is 4.79 Å². The van der Waals surface area contributed by atoms with Gasteiger partial charge in [0.1, 0.15) is 0 Å². The molecule has 0 aliphatic heterocycles. The van der Waals surface area contributed by atoms with Crippen LogP contribution in [0.4, 0.5) is 0 Å². The summed E-state index contributed by atoms with van der Waals surface area (Å²) in [6, 6.07) is 0. The topological polar surface area (TPSA) is 68.5 Å². The zero-order chi connectivity index (χ0) is 13.8. The summed E-state index contributed by atoms with van der Waals surface area (Å²) in [5.41, 5.74) is -0.162. The van der Waals surface area contributed by atoms with Gasteiger partial charge in [-0.3, -0.25) is 9.69 Å². The standard InChI is InChI=1S/C12H21N3O3/c1-6-17-10(16)8-15(5)7-9-13-14-11(18-9)12(2,3)4/h6-8H2,1-5H3. The summed E-state index contributed by atoms with van der Waals surface area (Å²) in [7, 11) is 1.80. The number of rotatable bonds is 5. The second kappa shape index (κ2) is 5.95. The third-order valence-electron chi connectivity index (χ3n) is 2.22. The molecule has 6 nitrogen and oxygen atoms in total. The first-order valence-electron chi connectivity index (χ1n) is 6.00. The largest absolute Gasteiger partial charge is 0.465 e. The highest BCUT2D eigenvalue weighted by Gasteiger charge is 2.22. The number of carbonyl (C=O) groups excluding carboxylic acids is 1. The lowest BCUT2D eigenvalue weighted by Crippen LogP contribution is -2.27. The Hall–Kier alpha value is -1.43. The molecule has 0 aromatic carbocycles. The molecule has 0 amide bonds. The van der Waals surface area contributed by atoms with Crippen molar-refractivity contribution < 1.29 is 13.9 Å². The van der Waals surface area contributed by atoms with E-state index in [0.717, 1.165) is 0 Å². The zero-order valence-electron chi connectivity index (χ0n) is 11.7. The van der Waals surface area contributed by atoms with Gasteiger partial charge in [0.2, 0.25) is 11.8 Å². The smallest absolute Gasteiger partial charge is 0.320 e. The molecule has 0 N–H and O–H groups in total. The summed E-state index contributed by atoms with van der Waals surface area (Å²) >= 11 is 0. The van der Waals surface area contributed by atoms with E-state index in [2.05, 4.69) is 10.2 Å². The molecule has 0 bridgehead atoms. The second-order valence-electron chi connectivity index (χ2n) is 5.23. The summed E-state index contributed by atoms with van der Waals surface area (Å²) in [5.74, 6) is 0.851. The van der Waals surface area contributed by atoms with Crippen molar-refractivity contribution in [2.24, 2.45) is 0 Å². The van der Waals surface area contributed by atoms with Gasteiger partial charge >= 0.3 is 5.97 Å². The summed E-state index contributed by atoms with van der Waals surface area (Å²) in [4.78, 5) is 13.1. The summed E-state index contributed by atoms with van der Waals surface area (Å²) in [6.45, 7) is 8.84. The van der Waals surface area contributed by atoms with E-state index in [0.29, 0.717) is 24.9 Å². The van der Waals surface area contributed by atoms with Crippen LogP contribution in [0.5, 0.6) is 0 Å². The van der Waals surface area contributed by atoms with Crippen LogP contribution in [-0.4, -0.2) is 41.3 Å². The van der Waals surface area contributed by atoms with Gasteiger partial charge in [-0.05, 0) is 14.0 Å². The fraction of sp³-hybridized carbons (Fsp3) is 0.750. The lowest BCUT2D eigenvalue weighted by molar-refractivity contribution is -0.144. The molecule has 0 spiro atoms. The van der Waals surface area contributed by atoms with Crippen molar-refractivity contribution in [3.8, 4) is 0 Å². The Morgan fingerprint density at radius 3 is 2.56 bits per heavy atom. The summed E-state index contributed by atoms with van der Waals surface area (Å²) in [5, 5.41) is 7.96. The van der Waals surface area contributed by atoms with Crippen molar-refractivity contribution in [1.82, 2.24) is 15.1 Å². The molecule has 0 unspecified atom stereocenters. The highest BCUT2D eigenvalue weighted by Crippen LogP contribution is 2.20. The molecule has 1 heterocycles. The average molecular weight is 255 g/mol. The van der Waals surface area contributed by atoms with E-state index < -0.39 is 0 Å². The van der Waals surface area contributed by atoms with E-state index in [1.807, 2.05) is 20.8 Å². The first-order valence-corrected chi connectivity index (χ1v) is 6.00. The molecule has 6 heteroatoms. The molecule has 0 saturated carbocycles. The molecule has 0 atom stereocenters. The minimum atomic E-state index is -0.254. The van der Waals surface area contributed by atoms with Crippen LogP contribution >= 0.6 is 0 Å². The number of ether oxygens (including phenoxy) is 1. The SMILES string of the molecule is CCOC(=O)CN(C)Cc1nnc(C(C)(C)C)o1. The van der Waals surface area contributed by atoms with Crippen molar-refractivity contribution in [3.05, 3.63) is 11.8 Å². The van der Waals surface area contributed by atoms with E-state index in [1.165, 1.54) is 0 Å². The number of hydrogen-bond acceptors (Lipinski definition) is 6. The first kappa shape index (κ1) is 14.6. The molecular formula is C12H21N3O3. The predicted molar refractivity (Wildman–Crippen MR) is 66.0 cm³/mol. The maximum absolute atomic E-state index is 11.3. The molecule has 1 aromatic heterocycles. The molecule has 1 aromatic rings. The lowest BCUT2D eigenvalue weighted by Gasteiger charge is -2.13. The Morgan fingerprint density at radius 1 is 1.39 bits per heavy atom. The monoisotopic (exact) mass is 255 g/mol. The molecule has 0 aliphatic carbocycles. The Labute approximate surface area is 107 Å². The van der Waals surface area contributed by atoms with Crippen LogP contribution in [-0.2, 0) is 21.5 Å². The summed E-state index contributed by atoms with van der Waals surface area (Å²) in [6.07, 6.45) is 0. The summed E-state index contributed by atoms with van der Waals surface area (Å²) < 4.78 is 10.4. The van der Waals surface area contributed by atoms with Crippen LogP contribution in [0, 0.1) is 0 Å². The van der Waals surface area contributed by atoms with Gasteiger partial charge in [0, 0.05) is 5.41 Å². The Balaban J connectivity index is 2.52. The molecule has 102 valence electrons. The van der Waals surface area contributed by atoms with E-state index in [-0.39, 0.29) is 17.9 Å². The maximum atomic E-state index is 11.3. The van der Waals surface area contributed by atoms with Gasteiger partial charge in [0.15, 0.2) is 0 Å². The number of carbonyl (C=O) groups is 1. The van der Waals surface area contributed by atoms with Gasteiger partial charge in [-0.15, -0.1) is 10.2 Å². The fourth-order valence-corrected chi connectivity index (χ4v) is 1.33. The highest BCUT2D eigenvalue weighted by atomic mass is 16.5. The zero-order valence-corrected chi connectivity index (χ0v) is 11.7. The van der Waals surface area contributed by atoms with Crippen molar-refractivity contribution in [3.63, 3.8) is 0 Å². The van der Waals surface area contributed by atoms with Crippen LogP contribution < -0.4 is 0 Å². The van der Waals surface area contributed by atoms with Crippen LogP contribution in [0.25, 0.3) is 0 Å². The third kappa shape index (κ3) is 4.44. The number of aromatic nitrogens is 2. The molecule has 0 saturated heterocycles. The number of nitrogens with zero attached hydrogens (tertiary/aromatic N) is 3. The second-order valence-corrected chi connectivity index (χ2v) is 5.23. The predicted octanol–water partition coefficient (Wildman–Crippen LogP) is 1.36. The van der Waals surface area contributed by atoms with Crippen LogP contribution in [0.1, 0.15) is 39.5 Å². The number of likely N-dealkylation sites (N-methyl/N-ethyl adjacent to an activating group) is 1. The number of esters is 1. The van der Waals surface area contributed by atoms with Crippen molar-refractivity contribution in [1.29, 1.82) is 0 Å².